The van der Waals surface area contributed by atoms with Crippen LogP contribution in [0.5, 0.6) is 0 Å². The second kappa shape index (κ2) is 8.83. The van der Waals surface area contributed by atoms with Crippen LogP contribution in [0.25, 0.3) is 11.3 Å². The molecule has 1 aliphatic heterocycles. The maximum absolute atomic E-state index is 13.3. The average Bonchev–Trinajstić information content (AvgIpc) is 2.81. The molecule has 156 valence electrons. The van der Waals surface area contributed by atoms with E-state index in [2.05, 4.69) is 16.0 Å². The van der Waals surface area contributed by atoms with Crippen molar-refractivity contribution >= 4 is 17.5 Å². The topological polar surface area (TPSA) is 69.9 Å². The van der Waals surface area contributed by atoms with Gasteiger partial charge in [-0.2, -0.15) is 5.26 Å². The van der Waals surface area contributed by atoms with Gasteiger partial charge in [-0.05, 0) is 55.2 Å². The van der Waals surface area contributed by atoms with E-state index in [0.717, 1.165) is 5.56 Å². The molecular weight excluding hydrogens is 415 g/mol. The van der Waals surface area contributed by atoms with E-state index in [-0.39, 0.29) is 11.7 Å². The van der Waals surface area contributed by atoms with Crippen LogP contribution in [0.4, 0.5) is 4.39 Å². The molecule has 4 rings (SSSR count). The quantitative estimate of drug-likeness (QED) is 0.584. The summed E-state index contributed by atoms with van der Waals surface area (Å²) < 4.78 is 13.2. The largest absolute Gasteiger partial charge is 0.339 e. The molecule has 0 unspecified atom stereocenters. The Hall–Kier alpha value is -3.30. The number of hydrogen-bond donors (Lipinski definition) is 0. The molecule has 1 aliphatic rings. The Labute approximate surface area is 185 Å². The third-order valence-corrected chi connectivity index (χ3v) is 6.01. The van der Waals surface area contributed by atoms with Crippen molar-refractivity contribution in [3.8, 4) is 17.3 Å². The number of aromatic nitrogens is 2. The normalized spacial score (nSPS) is 15.3. The summed E-state index contributed by atoms with van der Waals surface area (Å²) in [5.41, 5.74) is 2.17. The van der Waals surface area contributed by atoms with Crippen LogP contribution in [0.2, 0.25) is 5.02 Å². The summed E-state index contributed by atoms with van der Waals surface area (Å²) in [7, 11) is 0. The minimum Gasteiger partial charge on any atom is -0.339 e. The number of rotatable bonds is 4. The SMILES string of the molecule is N#CC1(Cc2ccc(F)cc2)CCN(C(=O)c2cc(Cl)ccc2-c2ccncn2)CC1. The Morgan fingerprint density at radius 3 is 2.55 bits per heavy atom. The summed E-state index contributed by atoms with van der Waals surface area (Å²) in [5.74, 6) is -0.430. The predicted molar refractivity (Wildman–Crippen MR) is 116 cm³/mol. The van der Waals surface area contributed by atoms with Crippen molar-refractivity contribution in [2.75, 3.05) is 13.1 Å². The minimum absolute atomic E-state index is 0.135. The summed E-state index contributed by atoms with van der Waals surface area (Å²) in [5, 5.41) is 10.3. The number of hydrogen-bond acceptors (Lipinski definition) is 4. The van der Waals surface area contributed by atoms with Crippen LogP contribution in [-0.4, -0.2) is 33.9 Å². The van der Waals surface area contributed by atoms with Crippen LogP contribution in [0.3, 0.4) is 0 Å². The van der Waals surface area contributed by atoms with Crippen LogP contribution in [-0.2, 0) is 6.42 Å². The molecule has 2 aromatic carbocycles. The summed E-state index contributed by atoms with van der Waals surface area (Å²) in [4.78, 5) is 23.3. The molecule has 0 bridgehead atoms. The van der Waals surface area contributed by atoms with Crippen molar-refractivity contribution < 1.29 is 9.18 Å². The summed E-state index contributed by atoms with van der Waals surface area (Å²) in [6.07, 6.45) is 4.71. The van der Waals surface area contributed by atoms with Crippen LogP contribution in [0, 0.1) is 22.6 Å². The Bertz CT molecular complexity index is 1120. The first-order valence-corrected chi connectivity index (χ1v) is 10.4. The Kier molecular flexibility index (Phi) is 5.97. The van der Waals surface area contributed by atoms with Gasteiger partial charge in [0.25, 0.3) is 5.91 Å². The predicted octanol–water partition coefficient (Wildman–Crippen LogP) is 4.92. The molecular formula is C24H20ClFN4O. The standard InChI is InChI=1S/C24H20ClFN4O/c25-18-3-6-20(22-7-10-28-16-29-22)21(13-18)23(31)30-11-8-24(15-27,9-12-30)14-17-1-4-19(26)5-2-17/h1-7,10,13,16H,8-9,11-12,14H2. The number of nitriles is 1. The third-order valence-electron chi connectivity index (χ3n) is 5.77. The summed E-state index contributed by atoms with van der Waals surface area (Å²) >= 11 is 6.18. The van der Waals surface area contributed by atoms with Gasteiger partial charge in [0, 0.05) is 29.9 Å². The van der Waals surface area contributed by atoms with Gasteiger partial charge < -0.3 is 4.90 Å². The van der Waals surface area contributed by atoms with Gasteiger partial charge in [-0.25, -0.2) is 14.4 Å². The summed E-state index contributed by atoms with van der Waals surface area (Å²) in [6, 6.07) is 15.6. The van der Waals surface area contributed by atoms with E-state index >= 15 is 0 Å². The van der Waals surface area contributed by atoms with E-state index in [1.54, 1.807) is 47.5 Å². The Balaban J connectivity index is 1.53. The van der Waals surface area contributed by atoms with E-state index in [0.29, 0.717) is 54.2 Å². The van der Waals surface area contributed by atoms with Gasteiger partial charge in [-0.3, -0.25) is 4.79 Å². The van der Waals surface area contributed by atoms with Gasteiger partial charge >= 0.3 is 0 Å². The van der Waals surface area contributed by atoms with Gasteiger partial charge in [0.05, 0.1) is 22.7 Å². The lowest BCUT2D eigenvalue weighted by Crippen LogP contribution is -2.43. The maximum atomic E-state index is 13.3. The van der Waals surface area contributed by atoms with Crippen molar-refractivity contribution in [3.05, 3.63) is 83.0 Å². The number of carbonyl (C=O) groups excluding carboxylic acids is 1. The molecule has 0 saturated carbocycles. The highest BCUT2D eigenvalue weighted by molar-refractivity contribution is 6.31. The minimum atomic E-state index is -0.571. The molecule has 1 amide bonds. The first-order valence-electron chi connectivity index (χ1n) is 10.0. The van der Waals surface area contributed by atoms with Crippen LogP contribution in [0.15, 0.2) is 61.1 Å². The van der Waals surface area contributed by atoms with E-state index in [9.17, 15) is 14.4 Å². The Morgan fingerprint density at radius 1 is 1.16 bits per heavy atom. The molecule has 1 saturated heterocycles. The number of piperidine rings is 1. The van der Waals surface area contributed by atoms with Gasteiger partial charge in [0.1, 0.15) is 12.1 Å². The molecule has 31 heavy (non-hydrogen) atoms. The van der Waals surface area contributed by atoms with Gasteiger partial charge in [-0.1, -0.05) is 29.8 Å². The van der Waals surface area contributed by atoms with Crippen molar-refractivity contribution in [3.63, 3.8) is 0 Å². The lowest BCUT2D eigenvalue weighted by molar-refractivity contribution is 0.0648. The van der Waals surface area contributed by atoms with Crippen LogP contribution < -0.4 is 0 Å². The van der Waals surface area contributed by atoms with E-state index in [1.807, 2.05) is 0 Å². The maximum Gasteiger partial charge on any atom is 0.254 e. The molecule has 5 nitrogen and oxygen atoms in total. The molecule has 1 fully saturated rings. The second-order valence-corrected chi connectivity index (χ2v) is 8.21. The average molecular weight is 435 g/mol. The molecule has 0 spiro atoms. The molecule has 2 heterocycles. The number of nitrogens with zero attached hydrogens (tertiary/aromatic N) is 4. The smallest absolute Gasteiger partial charge is 0.254 e. The Morgan fingerprint density at radius 2 is 1.90 bits per heavy atom. The summed E-state index contributed by atoms with van der Waals surface area (Å²) in [6.45, 7) is 0.923. The van der Waals surface area contributed by atoms with Crippen LogP contribution in [0.1, 0.15) is 28.8 Å². The van der Waals surface area contributed by atoms with Gasteiger partial charge in [-0.15, -0.1) is 0 Å². The zero-order valence-electron chi connectivity index (χ0n) is 16.8. The fourth-order valence-corrected chi connectivity index (χ4v) is 4.17. The number of carbonyl (C=O) groups is 1. The van der Waals surface area contributed by atoms with Gasteiger partial charge in [0.15, 0.2) is 0 Å². The van der Waals surface area contributed by atoms with E-state index < -0.39 is 5.41 Å². The van der Waals surface area contributed by atoms with E-state index in [4.69, 9.17) is 11.6 Å². The fourth-order valence-electron chi connectivity index (χ4n) is 4.00. The number of likely N-dealkylation sites (tertiary alicyclic amines) is 1. The second-order valence-electron chi connectivity index (χ2n) is 7.77. The third kappa shape index (κ3) is 4.57. The molecule has 3 aromatic rings. The lowest BCUT2D eigenvalue weighted by atomic mass is 9.75. The van der Waals surface area contributed by atoms with Crippen molar-refractivity contribution in [1.82, 2.24) is 14.9 Å². The van der Waals surface area contributed by atoms with Crippen molar-refractivity contribution in [2.45, 2.75) is 19.3 Å². The molecule has 0 N–H and O–H groups in total. The number of amides is 1. The molecule has 0 radical (unpaired) electrons. The number of benzene rings is 2. The van der Waals surface area contributed by atoms with Crippen molar-refractivity contribution in [1.29, 1.82) is 5.26 Å². The monoisotopic (exact) mass is 434 g/mol. The first kappa shape index (κ1) is 21.0. The lowest BCUT2D eigenvalue weighted by Gasteiger charge is -2.37. The first-order chi connectivity index (χ1) is 15.0. The zero-order valence-corrected chi connectivity index (χ0v) is 17.5. The van der Waals surface area contributed by atoms with Crippen LogP contribution >= 0.6 is 11.6 Å². The van der Waals surface area contributed by atoms with Gasteiger partial charge in [0.2, 0.25) is 0 Å². The highest BCUT2D eigenvalue weighted by Gasteiger charge is 2.37. The fraction of sp³-hybridized carbons (Fsp3) is 0.250. The highest BCUT2D eigenvalue weighted by atomic mass is 35.5. The van der Waals surface area contributed by atoms with E-state index in [1.165, 1.54) is 18.5 Å². The zero-order chi connectivity index (χ0) is 21.8. The van der Waals surface area contributed by atoms with Crippen molar-refractivity contribution in [2.24, 2.45) is 5.41 Å². The highest BCUT2D eigenvalue weighted by Crippen LogP contribution is 2.36. The molecule has 7 heteroatoms. The molecule has 0 aliphatic carbocycles. The molecule has 0 atom stereocenters. The number of halogens is 2. The molecule has 1 aromatic heterocycles.